The fraction of sp³-hybridized carbons (Fsp3) is 0.321. The van der Waals surface area contributed by atoms with Crippen molar-refractivity contribution in [2.45, 2.75) is 57.3 Å². The maximum Gasteiger partial charge on any atom is 0.247 e. The van der Waals surface area contributed by atoms with Crippen molar-refractivity contribution in [3.05, 3.63) is 81.5 Å². The van der Waals surface area contributed by atoms with E-state index in [0.29, 0.717) is 16.4 Å². The van der Waals surface area contributed by atoms with Gasteiger partial charge in [-0.05, 0) is 71.5 Å². The van der Waals surface area contributed by atoms with Gasteiger partial charge in [-0.1, -0.05) is 49.1 Å². The third-order valence-electron chi connectivity index (χ3n) is 6.78. The van der Waals surface area contributed by atoms with Crippen LogP contribution in [0.3, 0.4) is 0 Å². The summed E-state index contributed by atoms with van der Waals surface area (Å²) in [5.41, 5.74) is 1.33. The lowest BCUT2D eigenvalue weighted by molar-refractivity contribution is -0.142. The van der Waals surface area contributed by atoms with Gasteiger partial charge in [-0.25, -0.2) is 0 Å². The molecular formula is C28H29ClN6O3S. The Morgan fingerprint density at radius 2 is 1.82 bits per heavy atom. The lowest BCUT2D eigenvalue weighted by Crippen LogP contribution is -2.47. The van der Waals surface area contributed by atoms with Gasteiger partial charge in [0, 0.05) is 21.5 Å². The summed E-state index contributed by atoms with van der Waals surface area (Å²) >= 11 is 7.50. The molecule has 0 saturated heterocycles. The van der Waals surface area contributed by atoms with Crippen LogP contribution in [-0.4, -0.2) is 48.1 Å². The molecule has 2 aromatic carbocycles. The molecule has 2 heterocycles. The van der Waals surface area contributed by atoms with Gasteiger partial charge in [-0.3, -0.25) is 9.59 Å². The Labute approximate surface area is 235 Å². The Morgan fingerprint density at radius 1 is 1.08 bits per heavy atom. The molecule has 0 aliphatic heterocycles. The first kappa shape index (κ1) is 26.8. The van der Waals surface area contributed by atoms with Crippen molar-refractivity contribution in [2.75, 3.05) is 0 Å². The molecule has 2 aromatic heterocycles. The van der Waals surface area contributed by atoms with E-state index in [1.54, 1.807) is 41.3 Å². The van der Waals surface area contributed by atoms with E-state index >= 15 is 0 Å². The summed E-state index contributed by atoms with van der Waals surface area (Å²) in [7, 11) is 0. The largest absolute Gasteiger partial charge is 0.508 e. The molecule has 1 unspecified atom stereocenters. The molecule has 39 heavy (non-hydrogen) atoms. The molecule has 5 rings (SSSR count). The number of phenolic OH excluding ortho intramolecular Hbond substituents is 1. The summed E-state index contributed by atoms with van der Waals surface area (Å²) in [4.78, 5) is 31.4. The number of hydrogen-bond acceptors (Lipinski definition) is 7. The van der Waals surface area contributed by atoms with Crippen LogP contribution < -0.4 is 5.32 Å². The highest BCUT2D eigenvalue weighted by Crippen LogP contribution is 2.28. The molecule has 2 amide bonds. The van der Waals surface area contributed by atoms with Crippen molar-refractivity contribution in [3.8, 4) is 17.1 Å². The number of nitrogens with one attached hydrogen (secondary N) is 1. The van der Waals surface area contributed by atoms with Gasteiger partial charge in [-0.15, -0.1) is 21.5 Å². The molecule has 2 N–H and O–H groups in total. The fourth-order valence-corrected chi connectivity index (χ4v) is 5.62. The lowest BCUT2D eigenvalue weighted by atomic mass is 9.94. The second-order valence-corrected chi connectivity index (χ2v) is 11.1. The number of halogens is 1. The number of rotatable bonds is 9. The van der Waals surface area contributed by atoms with E-state index < -0.39 is 6.04 Å². The Bertz CT molecular complexity index is 1390. The first-order valence-corrected chi connectivity index (χ1v) is 14.2. The summed E-state index contributed by atoms with van der Waals surface area (Å²) in [5.74, 6) is -0.122. The monoisotopic (exact) mass is 564 g/mol. The van der Waals surface area contributed by atoms with Gasteiger partial charge in [-0.2, -0.15) is 4.80 Å². The summed E-state index contributed by atoms with van der Waals surface area (Å²) in [6, 6.07) is 16.5. The number of carbonyl (C=O) groups excluding carboxylic acids is 2. The Balaban J connectivity index is 1.44. The minimum atomic E-state index is -0.901. The van der Waals surface area contributed by atoms with Crippen molar-refractivity contribution < 1.29 is 14.7 Å². The van der Waals surface area contributed by atoms with Crippen LogP contribution in [0.4, 0.5) is 0 Å². The molecular weight excluding hydrogens is 536 g/mol. The third-order valence-corrected chi connectivity index (χ3v) is 7.89. The fourth-order valence-electron chi connectivity index (χ4n) is 4.79. The highest BCUT2D eigenvalue weighted by molar-refractivity contribution is 7.09. The number of aromatic nitrogens is 4. The third kappa shape index (κ3) is 6.82. The number of nitrogens with zero attached hydrogens (tertiary/aromatic N) is 5. The van der Waals surface area contributed by atoms with Crippen LogP contribution in [0.5, 0.6) is 5.75 Å². The summed E-state index contributed by atoms with van der Waals surface area (Å²) in [6.45, 7) is 0.0378. The highest BCUT2D eigenvalue weighted by Gasteiger charge is 2.33. The van der Waals surface area contributed by atoms with Gasteiger partial charge in [0.05, 0.1) is 6.54 Å². The summed E-state index contributed by atoms with van der Waals surface area (Å²) in [5, 5.41) is 28.2. The molecule has 0 spiro atoms. The number of hydrogen-bond donors (Lipinski definition) is 2. The average Bonchev–Trinajstić information content (AvgIpc) is 3.63. The minimum absolute atomic E-state index is 0.0727. The summed E-state index contributed by atoms with van der Waals surface area (Å²) in [6.07, 6.45) is 5.15. The highest BCUT2D eigenvalue weighted by atomic mass is 35.5. The second-order valence-electron chi connectivity index (χ2n) is 9.59. The number of tetrazole rings is 1. The van der Waals surface area contributed by atoms with Crippen LogP contribution in [0, 0.1) is 0 Å². The van der Waals surface area contributed by atoms with Crippen molar-refractivity contribution in [1.29, 1.82) is 0 Å². The number of thiophene rings is 1. The van der Waals surface area contributed by atoms with E-state index in [4.69, 9.17) is 11.6 Å². The molecule has 1 saturated carbocycles. The Morgan fingerprint density at radius 3 is 2.51 bits per heavy atom. The molecule has 9 nitrogen and oxygen atoms in total. The van der Waals surface area contributed by atoms with E-state index in [1.165, 1.54) is 34.7 Å². The number of amides is 2. The number of benzene rings is 2. The first-order valence-electron chi connectivity index (χ1n) is 12.9. The predicted octanol–water partition coefficient (Wildman–Crippen LogP) is 4.98. The SMILES string of the molecule is O=C(NC1CCCCC1)C(c1ccc(O)cc1)N(Cc1cccs1)C(=O)Cn1nnc(-c2ccc(Cl)cc2)n1. The number of phenols is 1. The van der Waals surface area contributed by atoms with E-state index in [0.717, 1.165) is 36.1 Å². The molecule has 4 aromatic rings. The van der Waals surface area contributed by atoms with E-state index in [-0.39, 0.29) is 36.7 Å². The summed E-state index contributed by atoms with van der Waals surface area (Å²) < 4.78 is 0. The molecule has 1 aliphatic carbocycles. The van der Waals surface area contributed by atoms with Crippen LogP contribution >= 0.6 is 22.9 Å². The van der Waals surface area contributed by atoms with Gasteiger partial charge in [0.1, 0.15) is 18.3 Å². The van der Waals surface area contributed by atoms with Gasteiger partial charge in [0.2, 0.25) is 17.6 Å². The molecule has 0 radical (unpaired) electrons. The number of carbonyl (C=O) groups is 2. The van der Waals surface area contributed by atoms with E-state index in [9.17, 15) is 14.7 Å². The van der Waals surface area contributed by atoms with Crippen molar-refractivity contribution in [1.82, 2.24) is 30.4 Å². The smallest absolute Gasteiger partial charge is 0.247 e. The quantitative estimate of drug-likeness (QED) is 0.296. The second kappa shape index (κ2) is 12.4. The molecule has 1 fully saturated rings. The van der Waals surface area contributed by atoms with Crippen molar-refractivity contribution in [3.63, 3.8) is 0 Å². The predicted molar refractivity (Wildman–Crippen MR) is 149 cm³/mol. The van der Waals surface area contributed by atoms with Crippen LogP contribution in [0.2, 0.25) is 5.02 Å². The number of aromatic hydroxyl groups is 1. The topological polar surface area (TPSA) is 113 Å². The Hall–Kier alpha value is -3.76. The zero-order chi connectivity index (χ0) is 27.2. The molecule has 1 aliphatic rings. The zero-order valence-electron chi connectivity index (χ0n) is 21.2. The maximum atomic E-state index is 13.9. The Kier molecular flexibility index (Phi) is 8.53. The van der Waals surface area contributed by atoms with Gasteiger partial charge in [0.15, 0.2) is 0 Å². The zero-order valence-corrected chi connectivity index (χ0v) is 22.8. The lowest BCUT2D eigenvalue weighted by Gasteiger charge is -2.33. The van der Waals surface area contributed by atoms with Crippen LogP contribution in [0.1, 0.15) is 48.6 Å². The molecule has 202 valence electrons. The van der Waals surface area contributed by atoms with Crippen LogP contribution in [0.25, 0.3) is 11.4 Å². The van der Waals surface area contributed by atoms with Gasteiger partial charge in [0.25, 0.3) is 0 Å². The van der Waals surface area contributed by atoms with E-state index in [2.05, 4.69) is 20.7 Å². The van der Waals surface area contributed by atoms with Crippen molar-refractivity contribution >= 4 is 34.8 Å². The average molecular weight is 565 g/mol. The van der Waals surface area contributed by atoms with Crippen LogP contribution in [-0.2, 0) is 22.7 Å². The maximum absolute atomic E-state index is 13.9. The van der Waals surface area contributed by atoms with Crippen molar-refractivity contribution in [2.24, 2.45) is 0 Å². The first-order chi connectivity index (χ1) is 19.0. The van der Waals surface area contributed by atoms with Crippen LogP contribution in [0.15, 0.2) is 66.0 Å². The standard InChI is InChI=1S/C28H29ClN6O3S/c29-21-12-8-20(9-13-21)27-31-33-35(32-27)18-25(37)34(17-24-7-4-16-39-24)26(19-10-14-23(36)15-11-19)28(38)30-22-5-2-1-3-6-22/h4,7-16,22,26,36H,1-3,5-6,17-18H2,(H,30,38). The van der Waals surface area contributed by atoms with Gasteiger partial charge >= 0.3 is 0 Å². The van der Waals surface area contributed by atoms with Gasteiger partial charge < -0.3 is 15.3 Å². The molecule has 0 bridgehead atoms. The minimum Gasteiger partial charge on any atom is -0.508 e. The molecule has 11 heteroatoms. The normalized spacial score (nSPS) is 14.6. The van der Waals surface area contributed by atoms with E-state index in [1.807, 2.05) is 17.5 Å². The molecule has 1 atom stereocenters.